The van der Waals surface area contributed by atoms with Crippen LogP contribution in [-0.2, 0) is 0 Å². The van der Waals surface area contributed by atoms with Gasteiger partial charge in [0.1, 0.15) is 0 Å². The summed E-state index contributed by atoms with van der Waals surface area (Å²) in [5.41, 5.74) is 0.441. The Morgan fingerprint density at radius 3 is 1.45 bits per heavy atom. The van der Waals surface area contributed by atoms with Crippen molar-refractivity contribution in [3.63, 3.8) is 0 Å². The molecule has 0 radical (unpaired) electrons. The third-order valence-corrected chi connectivity index (χ3v) is 7.32. The molecule has 0 amide bonds. The average Bonchev–Trinajstić information content (AvgIpc) is 2.65. The topological polar surface area (TPSA) is 23.5 Å². The van der Waals surface area contributed by atoms with Crippen LogP contribution in [0.4, 0.5) is 0 Å². The van der Waals surface area contributed by atoms with Crippen molar-refractivity contribution >= 4 is 0 Å². The van der Waals surface area contributed by atoms with Crippen molar-refractivity contribution in [2.45, 2.75) is 167 Å². The summed E-state index contributed by atoms with van der Waals surface area (Å²) in [7, 11) is 0. The monoisotopic (exact) mass is 409 g/mol. The first-order chi connectivity index (χ1) is 13.8. The highest BCUT2D eigenvalue weighted by molar-refractivity contribution is 4.97. The van der Waals surface area contributed by atoms with Gasteiger partial charge >= 0.3 is 0 Å². The van der Waals surface area contributed by atoms with Crippen molar-refractivity contribution in [3.05, 3.63) is 0 Å². The van der Waals surface area contributed by atoms with Crippen LogP contribution in [-0.4, -0.2) is 33.7 Å². The molecule has 0 spiro atoms. The van der Waals surface area contributed by atoms with Crippen LogP contribution in [0, 0.1) is 0 Å². The van der Waals surface area contributed by atoms with Crippen LogP contribution < -0.4 is 0 Å². The van der Waals surface area contributed by atoms with Gasteiger partial charge in [-0.25, -0.2) is 0 Å². The number of unbranched alkanes of at least 4 members (excludes halogenated alkanes) is 13. The minimum atomic E-state index is -0.163. The number of nitrogens with zero attached hydrogens (tertiary/aromatic N) is 1. The number of piperidine rings is 1. The lowest BCUT2D eigenvalue weighted by molar-refractivity contribution is -0.0555. The summed E-state index contributed by atoms with van der Waals surface area (Å²) in [6, 6.07) is 0. The van der Waals surface area contributed by atoms with Gasteiger partial charge in [0.2, 0.25) is 0 Å². The smallest absolute Gasteiger partial charge is 0.0667 e. The summed E-state index contributed by atoms with van der Waals surface area (Å²) in [6.45, 7) is 12.6. The highest BCUT2D eigenvalue weighted by atomic mass is 16.3. The lowest BCUT2D eigenvalue weighted by atomic mass is 9.79. The molecule has 0 aromatic heterocycles. The zero-order valence-electron chi connectivity index (χ0n) is 20.9. The Labute approximate surface area is 184 Å². The third kappa shape index (κ3) is 11.8. The molecule has 1 fully saturated rings. The molecule has 1 N–H and O–H groups in total. The van der Waals surface area contributed by atoms with E-state index in [1.54, 1.807) is 0 Å². The molecule has 2 nitrogen and oxygen atoms in total. The van der Waals surface area contributed by atoms with Crippen molar-refractivity contribution in [2.75, 3.05) is 6.54 Å². The van der Waals surface area contributed by atoms with Crippen LogP contribution in [0.1, 0.15) is 150 Å². The second-order valence-corrected chi connectivity index (χ2v) is 11.1. The maximum Gasteiger partial charge on any atom is 0.0667 e. The lowest BCUT2D eigenvalue weighted by Gasteiger charge is -2.53. The summed E-state index contributed by atoms with van der Waals surface area (Å²) in [5, 5.41) is 10.6. The molecule has 1 saturated heterocycles. The summed E-state index contributed by atoms with van der Waals surface area (Å²) >= 11 is 0. The Morgan fingerprint density at radius 1 is 0.655 bits per heavy atom. The predicted molar refractivity (Wildman–Crippen MR) is 130 cm³/mol. The Morgan fingerprint density at radius 2 is 1.03 bits per heavy atom. The van der Waals surface area contributed by atoms with Crippen molar-refractivity contribution in [3.8, 4) is 0 Å². The maximum absolute atomic E-state index is 10.6. The van der Waals surface area contributed by atoms with Crippen molar-refractivity contribution in [1.29, 1.82) is 0 Å². The van der Waals surface area contributed by atoms with Gasteiger partial charge in [-0.3, -0.25) is 4.90 Å². The van der Waals surface area contributed by atoms with Crippen LogP contribution >= 0.6 is 0 Å². The second-order valence-electron chi connectivity index (χ2n) is 11.1. The Hall–Kier alpha value is -0.0800. The van der Waals surface area contributed by atoms with E-state index in [4.69, 9.17) is 0 Å². The molecular formula is C27H55NO. The number of β-amino-alcohol motifs (C(OH)–C–C–N with tert-alkyl or cyclic N) is 1. The van der Waals surface area contributed by atoms with Crippen molar-refractivity contribution in [2.24, 2.45) is 0 Å². The Balaban J connectivity index is 1.97. The predicted octanol–water partition coefficient (Wildman–Crippen LogP) is 8.26. The molecule has 1 heterocycles. The van der Waals surface area contributed by atoms with E-state index in [1.165, 1.54) is 109 Å². The van der Waals surface area contributed by atoms with E-state index in [0.717, 1.165) is 13.0 Å². The molecule has 0 bridgehead atoms. The quantitative estimate of drug-likeness (QED) is 0.244. The average molecular weight is 410 g/mol. The van der Waals surface area contributed by atoms with E-state index >= 15 is 0 Å². The van der Waals surface area contributed by atoms with Crippen LogP contribution in [0.3, 0.4) is 0 Å². The standard InChI is InChI=1S/C27H55NO/c1-6-7-8-9-10-11-12-13-14-15-16-17-18-19-21-25(29)24-28-26(2,3)22-20-23-27(28,4)5/h25,29H,6-24H2,1-5H3. The number of hydrogen-bond acceptors (Lipinski definition) is 2. The molecule has 174 valence electrons. The van der Waals surface area contributed by atoms with Gasteiger partial charge in [0, 0.05) is 17.6 Å². The third-order valence-electron chi connectivity index (χ3n) is 7.32. The van der Waals surface area contributed by atoms with E-state index in [9.17, 15) is 5.11 Å². The highest BCUT2D eigenvalue weighted by Crippen LogP contribution is 2.38. The second kappa shape index (κ2) is 14.8. The summed E-state index contributed by atoms with van der Waals surface area (Å²) in [4.78, 5) is 2.58. The number of rotatable bonds is 17. The number of likely N-dealkylation sites (tertiary alicyclic amines) is 1. The molecule has 1 atom stereocenters. The first-order valence-corrected chi connectivity index (χ1v) is 13.3. The first kappa shape index (κ1) is 27.0. The van der Waals surface area contributed by atoms with E-state index in [0.29, 0.717) is 0 Å². The molecule has 0 aromatic rings. The SMILES string of the molecule is CCCCCCCCCCCCCCCCC(O)CN1C(C)(C)CCCC1(C)C. The zero-order valence-corrected chi connectivity index (χ0v) is 20.9. The van der Waals surface area contributed by atoms with E-state index in [1.807, 2.05) is 0 Å². The van der Waals surface area contributed by atoms with Gasteiger partial charge in [0.05, 0.1) is 6.10 Å². The lowest BCUT2D eigenvalue weighted by Crippen LogP contribution is -2.60. The van der Waals surface area contributed by atoms with E-state index < -0.39 is 0 Å². The Bertz CT molecular complexity index is 374. The molecule has 0 aliphatic carbocycles. The summed E-state index contributed by atoms with van der Waals surface area (Å²) in [6.07, 6.45) is 24.1. The molecule has 2 heteroatoms. The van der Waals surface area contributed by atoms with Gasteiger partial charge < -0.3 is 5.11 Å². The van der Waals surface area contributed by atoms with Gasteiger partial charge in [-0.15, -0.1) is 0 Å². The van der Waals surface area contributed by atoms with Crippen LogP contribution in [0.5, 0.6) is 0 Å². The molecule has 1 unspecified atom stereocenters. The van der Waals surface area contributed by atoms with Crippen LogP contribution in [0.25, 0.3) is 0 Å². The van der Waals surface area contributed by atoms with E-state index in [2.05, 4.69) is 39.5 Å². The van der Waals surface area contributed by atoms with Crippen LogP contribution in [0.2, 0.25) is 0 Å². The minimum Gasteiger partial charge on any atom is -0.392 e. The maximum atomic E-state index is 10.6. The fourth-order valence-corrected chi connectivity index (χ4v) is 5.41. The largest absolute Gasteiger partial charge is 0.392 e. The first-order valence-electron chi connectivity index (χ1n) is 13.3. The molecular weight excluding hydrogens is 354 g/mol. The van der Waals surface area contributed by atoms with E-state index in [-0.39, 0.29) is 17.2 Å². The fraction of sp³-hybridized carbons (Fsp3) is 1.00. The highest BCUT2D eigenvalue weighted by Gasteiger charge is 2.41. The normalized spacial score (nSPS) is 20.1. The van der Waals surface area contributed by atoms with Crippen molar-refractivity contribution < 1.29 is 5.11 Å². The minimum absolute atomic E-state index is 0.163. The van der Waals surface area contributed by atoms with Gasteiger partial charge in [-0.05, 0) is 53.4 Å². The van der Waals surface area contributed by atoms with Gasteiger partial charge in [-0.1, -0.05) is 96.8 Å². The summed E-state index contributed by atoms with van der Waals surface area (Å²) in [5.74, 6) is 0. The number of hydrogen-bond donors (Lipinski definition) is 1. The van der Waals surface area contributed by atoms with Gasteiger partial charge in [0.15, 0.2) is 0 Å². The molecule has 1 aliphatic heterocycles. The molecule has 1 rings (SSSR count). The molecule has 29 heavy (non-hydrogen) atoms. The molecule has 1 aliphatic rings. The molecule has 0 saturated carbocycles. The molecule has 0 aromatic carbocycles. The van der Waals surface area contributed by atoms with Crippen molar-refractivity contribution in [1.82, 2.24) is 4.90 Å². The number of aliphatic hydroxyl groups is 1. The van der Waals surface area contributed by atoms with Gasteiger partial charge in [0.25, 0.3) is 0 Å². The summed E-state index contributed by atoms with van der Waals surface area (Å²) < 4.78 is 0. The van der Waals surface area contributed by atoms with Gasteiger partial charge in [-0.2, -0.15) is 0 Å². The van der Waals surface area contributed by atoms with Crippen LogP contribution in [0.15, 0.2) is 0 Å². The number of aliphatic hydroxyl groups excluding tert-OH is 1. The Kier molecular flexibility index (Phi) is 13.8. The fourth-order valence-electron chi connectivity index (χ4n) is 5.41. The zero-order chi connectivity index (χ0) is 21.6.